The first-order chi connectivity index (χ1) is 20.8. The minimum Gasteiger partial charge on any atom is -0.489 e. The van der Waals surface area contributed by atoms with E-state index in [1.165, 1.54) is 0 Å². The van der Waals surface area contributed by atoms with Gasteiger partial charge in [-0.3, -0.25) is 4.98 Å². The van der Waals surface area contributed by atoms with E-state index in [9.17, 15) is 0 Å². The molecule has 11 heteroatoms. The zero-order chi connectivity index (χ0) is 29.4. The molecule has 238 valence electrons. The number of benzene rings is 1. The summed E-state index contributed by atoms with van der Waals surface area (Å²) in [5.74, 6) is 0.717. The largest absolute Gasteiger partial charge is 0.489 e. The van der Waals surface area contributed by atoms with Gasteiger partial charge in [0.15, 0.2) is 0 Å². The van der Waals surface area contributed by atoms with E-state index in [4.69, 9.17) is 47.4 Å². The summed E-state index contributed by atoms with van der Waals surface area (Å²) in [5.41, 5.74) is -0.000677. The number of nitrogens with zero attached hydrogens (tertiary/aromatic N) is 1. The SMILES string of the molecule is CCCCOCC1(OCCOc2cccc3cccnc23)COCCOCCOCCOCCOCCOCCOC1. The van der Waals surface area contributed by atoms with Crippen LogP contribution in [0.25, 0.3) is 10.9 Å². The molecule has 1 aromatic heterocycles. The molecule has 0 N–H and O–H groups in total. The van der Waals surface area contributed by atoms with Gasteiger partial charge in [0.25, 0.3) is 0 Å². The van der Waals surface area contributed by atoms with E-state index in [1.54, 1.807) is 6.20 Å². The lowest BCUT2D eigenvalue weighted by molar-refractivity contribution is -0.173. The third kappa shape index (κ3) is 14.5. The van der Waals surface area contributed by atoms with E-state index in [0.29, 0.717) is 106 Å². The summed E-state index contributed by atoms with van der Waals surface area (Å²) in [6, 6.07) is 9.81. The van der Waals surface area contributed by atoms with Crippen molar-refractivity contribution in [1.29, 1.82) is 0 Å². The molecule has 0 saturated carbocycles. The Morgan fingerprint density at radius 3 is 1.79 bits per heavy atom. The second-order valence-electron chi connectivity index (χ2n) is 9.78. The minimum absolute atomic E-state index is 0.279. The Kier molecular flexibility index (Phi) is 18.6. The highest BCUT2D eigenvalue weighted by Gasteiger charge is 2.33. The molecule has 2 aromatic rings. The van der Waals surface area contributed by atoms with Crippen LogP contribution in [0, 0.1) is 0 Å². The minimum atomic E-state index is -0.822. The summed E-state index contributed by atoms with van der Waals surface area (Å²) in [4.78, 5) is 4.47. The molecule has 0 atom stereocenters. The molecule has 0 bridgehead atoms. The van der Waals surface area contributed by atoms with Crippen molar-refractivity contribution < 1.29 is 47.4 Å². The summed E-state index contributed by atoms with van der Waals surface area (Å²) in [5, 5.41) is 1.02. The van der Waals surface area contributed by atoms with Gasteiger partial charge < -0.3 is 47.4 Å². The van der Waals surface area contributed by atoms with Crippen LogP contribution in [0.2, 0.25) is 0 Å². The summed E-state index contributed by atoms with van der Waals surface area (Å²) in [7, 11) is 0. The van der Waals surface area contributed by atoms with Crippen LogP contribution < -0.4 is 4.74 Å². The standard InChI is InChI=1S/C31H49NO10/c1-2-3-10-38-25-31(42-24-23-41-29-8-4-6-28-7-5-9-32-30(28)29)26-39-21-19-36-17-15-34-13-11-33-12-14-35-16-18-37-20-22-40-27-31/h4-9H,2-3,10-27H2,1H3. The topological polar surface area (TPSA) is 105 Å². The quantitative estimate of drug-likeness (QED) is 0.378. The summed E-state index contributed by atoms with van der Waals surface area (Å²) in [6.45, 7) is 10.0. The highest BCUT2D eigenvalue weighted by molar-refractivity contribution is 5.84. The molecular weight excluding hydrogens is 546 g/mol. The maximum absolute atomic E-state index is 6.43. The van der Waals surface area contributed by atoms with Gasteiger partial charge in [0, 0.05) is 18.2 Å². The Bertz CT molecular complexity index is 906. The highest BCUT2D eigenvalue weighted by Crippen LogP contribution is 2.23. The lowest BCUT2D eigenvalue weighted by Gasteiger charge is -2.33. The number of unbranched alkanes of at least 4 members (excludes halogenated alkanes) is 1. The molecule has 0 unspecified atom stereocenters. The second-order valence-corrected chi connectivity index (χ2v) is 9.78. The van der Waals surface area contributed by atoms with Gasteiger partial charge >= 0.3 is 0 Å². The average Bonchev–Trinajstić information content (AvgIpc) is 3.01. The third-order valence-electron chi connectivity index (χ3n) is 6.31. The third-order valence-corrected chi connectivity index (χ3v) is 6.31. The molecule has 1 aliphatic heterocycles. The monoisotopic (exact) mass is 595 g/mol. The molecule has 1 aliphatic rings. The Hall–Kier alpha value is -1.93. The van der Waals surface area contributed by atoms with Crippen molar-refractivity contribution in [1.82, 2.24) is 4.98 Å². The molecule has 1 fully saturated rings. The number of para-hydroxylation sites is 1. The number of hydrogen-bond donors (Lipinski definition) is 0. The Labute approximate surface area is 249 Å². The van der Waals surface area contributed by atoms with Crippen molar-refractivity contribution in [3.8, 4) is 5.75 Å². The number of pyridine rings is 1. The number of rotatable bonds is 10. The van der Waals surface area contributed by atoms with E-state index in [-0.39, 0.29) is 13.2 Å². The van der Waals surface area contributed by atoms with E-state index in [1.807, 2.05) is 30.3 Å². The molecule has 1 saturated heterocycles. The molecule has 1 aromatic carbocycles. The Balaban J connectivity index is 1.55. The van der Waals surface area contributed by atoms with Crippen molar-refractivity contribution >= 4 is 10.9 Å². The smallest absolute Gasteiger partial charge is 0.145 e. The molecule has 0 spiro atoms. The highest BCUT2D eigenvalue weighted by atomic mass is 16.6. The zero-order valence-corrected chi connectivity index (χ0v) is 25.1. The summed E-state index contributed by atoms with van der Waals surface area (Å²) >= 11 is 0. The van der Waals surface area contributed by atoms with Gasteiger partial charge in [-0.15, -0.1) is 0 Å². The fourth-order valence-corrected chi connectivity index (χ4v) is 4.09. The maximum atomic E-state index is 6.43. The molecule has 0 radical (unpaired) electrons. The van der Waals surface area contributed by atoms with Crippen molar-refractivity contribution in [3.05, 3.63) is 36.5 Å². The van der Waals surface area contributed by atoms with Gasteiger partial charge in [-0.05, 0) is 18.6 Å². The molecule has 42 heavy (non-hydrogen) atoms. The first-order valence-corrected chi connectivity index (χ1v) is 15.1. The van der Waals surface area contributed by atoms with E-state index in [2.05, 4.69) is 11.9 Å². The molecule has 3 rings (SSSR count). The van der Waals surface area contributed by atoms with Crippen LogP contribution in [0.15, 0.2) is 36.5 Å². The van der Waals surface area contributed by atoms with Crippen LogP contribution in [-0.2, 0) is 42.6 Å². The van der Waals surface area contributed by atoms with E-state index < -0.39 is 5.60 Å². The summed E-state index contributed by atoms with van der Waals surface area (Å²) < 4.78 is 58.4. The van der Waals surface area contributed by atoms with Gasteiger partial charge in [-0.1, -0.05) is 31.5 Å². The van der Waals surface area contributed by atoms with E-state index in [0.717, 1.165) is 29.5 Å². The second kappa shape index (κ2) is 22.6. The van der Waals surface area contributed by atoms with Crippen LogP contribution >= 0.6 is 0 Å². The number of fused-ring (bicyclic) bond motifs is 1. The molecule has 0 amide bonds. The zero-order valence-electron chi connectivity index (χ0n) is 25.1. The number of hydrogen-bond acceptors (Lipinski definition) is 11. The van der Waals surface area contributed by atoms with Gasteiger partial charge in [-0.2, -0.15) is 0 Å². The molecule has 0 aliphatic carbocycles. The number of aromatic nitrogens is 1. The Morgan fingerprint density at radius 1 is 0.667 bits per heavy atom. The predicted molar refractivity (Wildman–Crippen MR) is 157 cm³/mol. The van der Waals surface area contributed by atoms with Gasteiger partial charge in [0.05, 0.1) is 106 Å². The fraction of sp³-hybridized carbons (Fsp3) is 0.710. The fourth-order valence-electron chi connectivity index (χ4n) is 4.09. The lowest BCUT2D eigenvalue weighted by Crippen LogP contribution is -2.48. The normalized spacial score (nSPS) is 19.5. The van der Waals surface area contributed by atoms with Crippen LogP contribution in [0.3, 0.4) is 0 Å². The van der Waals surface area contributed by atoms with E-state index >= 15 is 0 Å². The lowest BCUT2D eigenvalue weighted by atomic mass is 10.1. The maximum Gasteiger partial charge on any atom is 0.145 e. The van der Waals surface area contributed by atoms with Gasteiger partial charge in [-0.25, -0.2) is 0 Å². The number of ether oxygens (including phenoxy) is 10. The predicted octanol–water partition coefficient (Wildman–Crippen LogP) is 3.32. The van der Waals surface area contributed by atoms with Crippen LogP contribution in [0.5, 0.6) is 5.75 Å². The van der Waals surface area contributed by atoms with Crippen LogP contribution in [0.1, 0.15) is 19.8 Å². The molecule has 11 nitrogen and oxygen atoms in total. The van der Waals surface area contributed by atoms with Crippen LogP contribution in [0.4, 0.5) is 0 Å². The van der Waals surface area contributed by atoms with Crippen molar-refractivity contribution in [2.75, 3.05) is 119 Å². The molecular formula is C31H49NO10. The first kappa shape index (κ1) is 34.6. The summed E-state index contributed by atoms with van der Waals surface area (Å²) in [6.07, 6.45) is 3.77. The Morgan fingerprint density at radius 2 is 1.21 bits per heavy atom. The molecule has 2 heterocycles. The van der Waals surface area contributed by atoms with Crippen molar-refractivity contribution in [2.24, 2.45) is 0 Å². The first-order valence-electron chi connectivity index (χ1n) is 15.1. The average molecular weight is 596 g/mol. The van der Waals surface area contributed by atoms with Crippen molar-refractivity contribution in [2.45, 2.75) is 25.4 Å². The van der Waals surface area contributed by atoms with Crippen molar-refractivity contribution in [3.63, 3.8) is 0 Å². The van der Waals surface area contributed by atoms with Gasteiger partial charge in [0.1, 0.15) is 23.5 Å². The van der Waals surface area contributed by atoms with Gasteiger partial charge in [0.2, 0.25) is 0 Å². The van der Waals surface area contributed by atoms with Crippen LogP contribution in [-0.4, -0.2) is 130 Å².